The van der Waals surface area contributed by atoms with Crippen LogP contribution >= 0.6 is 11.6 Å². The Morgan fingerprint density at radius 3 is 2.78 bits per heavy atom. The molecule has 18 heavy (non-hydrogen) atoms. The van der Waals surface area contributed by atoms with E-state index in [1.165, 1.54) is 12.1 Å². The molecule has 1 aromatic rings. The lowest BCUT2D eigenvalue weighted by Crippen LogP contribution is -2.29. The summed E-state index contributed by atoms with van der Waals surface area (Å²) in [5.74, 6) is 0.211. The van der Waals surface area contributed by atoms with Gasteiger partial charge in [0, 0.05) is 12.8 Å². The fourth-order valence-electron chi connectivity index (χ4n) is 2.36. The van der Waals surface area contributed by atoms with Crippen LogP contribution in [-0.2, 0) is 11.2 Å². The summed E-state index contributed by atoms with van der Waals surface area (Å²) in [5, 5.41) is 3.38. The van der Waals surface area contributed by atoms with Crippen LogP contribution in [0, 0.1) is 11.7 Å². The molecular formula is C14H17ClFNO. The lowest BCUT2D eigenvalue weighted by atomic mass is 9.91. The topological polar surface area (TPSA) is 29.1 Å². The highest BCUT2D eigenvalue weighted by Gasteiger charge is 2.17. The van der Waals surface area contributed by atoms with Gasteiger partial charge in [0.25, 0.3) is 0 Å². The van der Waals surface area contributed by atoms with Crippen molar-refractivity contribution >= 4 is 17.4 Å². The first kappa shape index (κ1) is 13.5. The summed E-state index contributed by atoms with van der Waals surface area (Å²) in [6.07, 6.45) is 3.02. The second-order valence-electron chi connectivity index (χ2n) is 4.86. The molecule has 0 atom stereocenters. The zero-order valence-corrected chi connectivity index (χ0v) is 11.0. The third kappa shape index (κ3) is 3.79. The first-order valence-corrected chi connectivity index (χ1v) is 6.69. The molecule has 1 N–H and O–H groups in total. The summed E-state index contributed by atoms with van der Waals surface area (Å²) in [6.45, 7) is 1.99. The average Bonchev–Trinajstić information content (AvgIpc) is 2.35. The molecule has 1 aliphatic heterocycles. The van der Waals surface area contributed by atoms with E-state index in [2.05, 4.69) is 5.32 Å². The Labute approximate surface area is 112 Å². The Morgan fingerprint density at radius 1 is 1.39 bits per heavy atom. The van der Waals surface area contributed by atoms with Gasteiger partial charge in [-0.2, -0.15) is 0 Å². The van der Waals surface area contributed by atoms with E-state index in [1.807, 2.05) is 0 Å². The van der Waals surface area contributed by atoms with Crippen LogP contribution < -0.4 is 5.32 Å². The monoisotopic (exact) mass is 269 g/mol. The van der Waals surface area contributed by atoms with Gasteiger partial charge < -0.3 is 5.32 Å². The fourth-order valence-corrected chi connectivity index (χ4v) is 2.47. The molecule has 1 saturated heterocycles. The minimum Gasteiger partial charge on any atom is -0.317 e. The Balaban J connectivity index is 1.88. The number of halogens is 2. The van der Waals surface area contributed by atoms with Gasteiger partial charge in [0.15, 0.2) is 0 Å². The lowest BCUT2D eigenvalue weighted by molar-refractivity contribution is -0.119. The number of rotatable bonds is 4. The van der Waals surface area contributed by atoms with Gasteiger partial charge in [-0.3, -0.25) is 4.79 Å². The number of hydrogen-bond acceptors (Lipinski definition) is 2. The van der Waals surface area contributed by atoms with E-state index in [1.54, 1.807) is 6.07 Å². The number of carbonyl (C=O) groups is 1. The molecule has 98 valence electrons. The van der Waals surface area contributed by atoms with Crippen LogP contribution in [0.2, 0.25) is 5.02 Å². The van der Waals surface area contributed by atoms with Crippen molar-refractivity contribution in [3.05, 3.63) is 34.6 Å². The third-order valence-corrected chi connectivity index (χ3v) is 3.67. The smallest absolute Gasteiger partial charge is 0.142 e. The van der Waals surface area contributed by atoms with E-state index >= 15 is 0 Å². The molecule has 1 fully saturated rings. The Bertz CT molecular complexity index is 430. The van der Waals surface area contributed by atoms with Crippen LogP contribution in [0.3, 0.4) is 0 Å². The highest BCUT2D eigenvalue weighted by atomic mass is 35.5. The van der Waals surface area contributed by atoms with E-state index in [0.717, 1.165) is 25.9 Å². The van der Waals surface area contributed by atoms with Crippen molar-refractivity contribution in [3.63, 3.8) is 0 Å². The number of hydrogen-bond donors (Lipinski definition) is 1. The summed E-state index contributed by atoms with van der Waals surface area (Å²) < 4.78 is 13.2. The zero-order valence-electron chi connectivity index (χ0n) is 10.2. The molecule has 2 nitrogen and oxygen atoms in total. The number of Topliss-reactive ketones (excluding diaryl/α,β-unsaturated/α-hetero) is 1. The lowest BCUT2D eigenvalue weighted by Gasteiger charge is -2.21. The molecule has 0 bridgehead atoms. The average molecular weight is 270 g/mol. The fraction of sp³-hybridized carbons (Fsp3) is 0.500. The number of nitrogens with one attached hydrogen (secondary N) is 1. The first-order valence-electron chi connectivity index (χ1n) is 6.31. The normalized spacial score (nSPS) is 16.8. The predicted octanol–water partition coefficient (Wildman–Crippen LogP) is 2.98. The summed E-state index contributed by atoms with van der Waals surface area (Å²) in [4.78, 5) is 11.9. The number of ketones is 1. The molecule has 1 aromatic carbocycles. The molecule has 0 amide bonds. The van der Waals surface area contributed by atoms with Crippen molar-refractivity contribution in [2.45, 2.75) is 25.7 Å². The second kappa shape index (κ2) is 6.30. The maximum Gasteiger partial charge on any atom is 0.142 e. The van der Waals surface area contributed by atoms with E-state index < -0.39 is 5.82 Å². The van der Waals surface area contributed by atoms with E-state index in [0.29, 0.717) is 24.3 Å². The first-order chi connectivity index (χ1) is 8.65. The quantitative estimate of drug-likeness (QED) is 0.910. The maximum atomic E-state index is 13.2. The summed E-state index contributed by atoms with van der Waals surface area (Å²) in [5.41, 5.74) is 0.704. The van der Waals surface area contributed by atoms with Crippen molar-refractivity contribution in [2.75, 3.05) is 13.1 Å². The van der Waals surface area contributed by atoms with Crippen molar-refractivity contribution in [2.24, 2.45) is 5.92 Å². The summed E-state index contributed by atoms with van der Waals surface area (Å²) in [7, 11) is 0. The molecule has 4 heteroatoms. The van der Waals surface area contributed by atoms with Crippen LogP contribution in [0.15, 0.2) is 18.2 Å². The Hall–Kier alpha value is -0.930. The standard InChI is InChI=1S/C14H17ClFNO/c15-13-2-1-11(9-14(13)16)8-12(18)7-10-3-5-17-6-4-10/h1-2,9-10,17H,3-8H2. The van der Waals surface area contributed by atoms with Gasteiger partial charge >= 0.3 is 0 Å². The Kier molecular flexibility index (Phi) is 4.72. The molecule has 1 heterocycles. The van der Waals surface area contributed by atoms with Crippen LogP contribution in [0.25, 0.3) is 0 Å². The largest absolute Gasteiger partial charge is 0.317 e. The molecule has 0 saturated carbocycles. The second-order valence-corrected chi connectivity index (χ2v) is 5.27. The molecular weight excluding hydrogens is 253 g/mol. The minimum absolute atomic E-state index is 0.101. The van der Waals surface area contributed by atoms with Gasteiger partial charge in [-0.25, -0.2) is 4.39 Å². The predicted molar refractivity (Wildman–Crippen MR) is 70.3 cm³/mol. The van der Waals surface area contributed by atoms with Gasteiger partial charge in [-0.15, -0.1) is 0 Å². The molecule has 2 rings (SSSR count). The summed E-state index contributed by atoms with van der Waals surface area (Å²) >= 11 is 5.61. The van der Waals surface area contributed by atoms with Crippen molar-refractivity contribution in [3.8, 4) is 0 Å². The van der Waals surface area contributed by atoms with Crippen LogP contribution in [0.5, 0.6) is 0 Å². The van der Waals surface area contributed by atoms with E-state index in [4.69, 9.17) is 11.6 Å². The number of carbonyl (C=O) groups excluding carboxylic acids is 1. The minimum atomic E-state index is -0.455. The van der Waals surface area contributed by atoms with Gasteiger partial charge in [-0.1, -0.05) is 17.7 Å². The van der Waals surface area contributed by atoms with Crippen LogP contribution in [0.1, 0.15) is 24.8 Å². The summed E-state index contributed by atoms with van der Waals surface area (Å²) in [6, 6.07) is 4.57. The number of benzene rings is 1. The molecule has 0 radical (unpaired) electrons. The maximum absolute atomic E-state index is 13.2. The van der Waals surface area contributed by atoms with Crippen molar-refractivity contribution < 1.29 is 9.18 Å². The third-order valence-electron chi connectivity index (χ3n) is 3.36. The van der Waals surface area contributed by atoms with Gasteiger partial charge in [0.2, 0.25) is 0 Å². The highest BCUT2D eigenvalue weighted by molar-refractivity contribution is 6.30. The van der Waals surface area contributed by atoms with E-state index in [9.17, 15) is 9.18 Å². The molecule has 0 aliphatic carbocycles. The SMILES string of the molecule is O=C(Cc1ccc(Cl)c(F)c1)CC1CCNCC1. The molecule has 0 spiro atoms. The van der Waals surface area contributed by atoms with Gasteiger partial charge in [-0.05, 0) is 49.5 Å². The molecule has 0 unspecified atom stereocenters. The van der Waals surface area contributed by atoms with Crippen molar-refractivity contribution in [1.82, 2.24) is 5.32 Å². The number of piperidine rings is 1. The van der Waals surface area contributed by atoms with Crippen LogP contribution in [0.4, 0.5) is 4.39 Å². The van der Waals surface area contributed by atoms with Gasteiger partial charge in [0.1, 0.15) is 11.6 Å². The molecule has 0 aromatic heterocycles. The zero-order chi connectivity index (χ0) is 13.0. The Morgan fingerprint density at radius 2 is 2.11 bits per heavy atom. The van der Waals surface area contributed by atoms with E-state index in [-0.39, 0.29) is 10.8 Å². The van der Waals surface area contributed by atoms with Crippen molar-refractivity contribution in [1.29, 1.82) is 0 Å². The molecule has 1 aliphatic rings. The van der Waals surface area contributed by atoms with Gasteiger partial charge in [0.05, 0.1) is 5.02 Å². The highest BCUT2D eigenvalue weighted by Crippen LogP contribution is 2.19. The van der Waals surface area contributed by atoms with Crippen LogP contribution in [-0.4, -0.2) is 18.9 Å².